The molecule has 0 aliphatic carbocycles. The van der Waals surface area contributed by atoms with Gasteiger partial charge in [0.05, 0.1) is 11.3 Å². The number of phenols is 1. The highest BCUT2D eigenvalue weighted by atomic mass is 19.1. The van der Waals surface area contributed by atoms with Gasteiger partial charge in [-0.25, -0.2) is 4.39 Å². The first-order valence-corrected chi connectivity index (χ1v) is 5.64. The molecule has 0 bridgehead atoms. The molecule has 0 aliphatic heterocycles. The molecule has 1 amide bonds. The molecular weight excluding hydrogens is 247 g/mol. The lowest BCUT2D eigenvalue weighted by Gasteiger charge is -2.10. The average Bonchev–Trinajstić information content (AvgIpc) is 2.37. The molecule has 0 radical (unpaired) electrons. The molecular formula is C14H13FN2O2. The van der Waals surface area contributed by atoms with Crippen LogP contribution in [-0.2, 0) is 0 Å². The van der Waals surface area contributed by atoms with Gasteiger partial charge in [-0.3, -0.25) is 4.79 Å². The fourth-order valence-electron chi connectivity index (χ4n) is 1.70. The molecule has 2 rings (SSSR count). The van der Waals surface area contributed by atoms with Crippen molar-refractivity contribution in [2.75, 3.05) is 11.1 Å². The van der Waals surface area contributed by atoms with Crippen LogP contribution in [0.2, 0.25) is 0 Å². The number of halogens is 1. The maximum atomic E-state index is 13.5. The topological polar surface area (TPSA) is 75.4 Å². The second-order valence-corrected chi connectivity index (χ2v) is 4.13. The number of benzene rings is 2. The Morgan fingerprint density at radius 3 is 2.63 bits per heavy atom. The molecule has 5 heteroatoms. The second-order valence-electron chi connectivity index (χ2n) is 4.13. The summed E-state index contributed by atoms with van der Waals surface area (Å²) in [6, 6.07) is 8.88. The van der Waals surface area contributed by atoms with Crippen LogP contribution in [0.25, 0.3) is 0 Å². The second kappa shape index (κ2) is 4.97. The molecule has 0 aromatic heterocycles. The molecule has 0 heterocycles. The van der Waals surface area contributed by atoms with Gasteiger partial charge in [-0.15, -0.1) is 0 Å². The van der Waals surface area contributed by atoms with Crippen molar-refractivity contribution in [3.8, 4) is 5.75 Å². The minimum Gasteiger partial charge on any atom is -0.507 e. The molecule has 0 unspecified atom stereocenters. The number of rotatable bonds is 2. The standard InChI is InChI=1S/C14H13FN2O2/c1-8-4-2-5-9(13(8)18)14(19)17-12-10(15)6-3-7-11(12)16/h2-7,18H,16H2,1H3,(H,17,19). The minimum atomic E-state index is -0.625. The Bertz CT molecular complexity index is 621. The van der Waals surface area contributed by atoms with Crippen molar-refractivity contribution >= 4 is 17.3 Å². The molecule has 0 aliphatic rings. The summed E-state index contributed by atoms with van der Waals surface area (Å²) in [4.78, 5) is 12.0. The van der Waals surface area contributed by atoms with Crippen molar-refractivity contribution in [2.45, 2.75) is 6.92 Å². The number of carbonyl (C=O) groups is 1. The van der Waals surface area contributed by atoms with Crippen LogP contribution in [-0.4, -0.2) is 11.0 Å². The Balaban J connectivity index is 2.34. The third kappa shape index (κ3) is 2.49. The molecule has 4 N–H and O–H groups in total. The van der Waals surface area contributed by atoms with Gasteiger partial charge >= 0.3 is 0 Å². The van der Waals surface area contributed by atoms with Crippen LogP contribution in [0.5, 0.6) is 5.75 Å². The van der Waals surface area contributed by atoms with Gasteiger partial charge in [-0.05, 0) is 30.7 Å². The van der Waals surface area contributed by atoms with E-state index >= 15 is 0 Å². The zero-order valence-electron chi connectivity index (χ0n) is 10.3. The van der Waals surface area contributed by atoms with E-state index in [-0.39, 0.29) is 22.7 Å². The molecule has 0 fully saturated rings. The van der Waals surface area contributed by atoms with Crippen LogP contribution in [0.4, 0.5) is 15.8 Å². The number of amides is 1. The highest BCUT2D eigenvalue weighted by Gasteiger charge is 2.15. The van der Waals surface area contributed by atoms with Crippen molar-refractivity contribution in [3.63, 3.8) is 0 Å². The number of aromatic hydroxyl groups is 1. The van der Waals surface area contributed by atoms with E-state index in [1.54, 1.807) is 19.1 Å². The van der Waals surface area contributed by atoms with Gasteiger partial charge in [0.15, 0.2) is 0 Å². The number of anilines is 2. The normalized spacial score (nSPS) is 10.2. The molecule has 0 atom stereocenters. The van der Waals surface area contributed by atoms with Gasteiger partial charge in [0.2, 0.25) is 0 Å². The lowest BCUT2D eigenvalue weighted by atomic mass is 10.1. The number of nitrogen functional groups attached to an aromatic ring is 1. The van der Waals surface area contributed by atoms with E-state index in [1.807, 2.05) is 0 Å². The quantitative estimate of drug-likeness (QED) is 0.727. The number of phenolic OH excluding ortho intramolecular Hbond substituents is 1. The zero-order valence-corrected chi connectivity index (χ0v) is 10.3. The highest BCUT2D eigenvalue weighted by molar-refractivity contribution is 6.07. The van der Waals surface area contributed by atoms with E-state index in [2.05, 4.69) is 5.32 Å². The summed E-state index contributed by atoms with van der Waals surface area (Å²) in [5.41, 5.74) is 6.27. The van der Waals surface area contributed by atoms with E-state index in [4.69, 9.17) is 5.73 Å². The van der Waals surface area contributed by atoms with E-state index in [0.29, 0.717) is 5.56 Å². The van der Waals surface area contributed by atoms with Gasteiger partial charge in [0.1, 0.15) is 17.3 Å². The molecule has 2 aromatic carbocycles. The summed E-state index contributed by atoms with van der Waals surface area (Å²) in [6.45, 7) is 1.67. The van der Waals surface area contributed by atoms with Crippen molar-refractivity contribution in [3.05, 3.63) is 53.3 Å². The van der Waals surface area contributed by atoms with Crippen LogP contribution >= 0.6 is 0 Å². The van der Waals surface area contributed by atoms with Crippen molar-refractivity contribution in [2.24, 2.45) is 0 Å². The lowest BCUT2D eigenvalue weighted by molar-refractivity contribution is 0.102. The fourth-order valence-corrected chi connectivity index (χ4v) is 1.70. The van der Waals surface area contributed by atoms with Crippen LogP contribution in [0.3, 0.4) is 0 Å². The van der Waals surface area contributed by atoms with Gasteiger partial charge in [0, 0.05) is 0 Å². The Labute approximate surface area is 109 Å². The Morgan fingerprint density at radius 2 is 1.95 bits per heavy atom. The Kier molecular flexibility index (Phi) is 3.37. The van der Waals surface area contributed by atoms with E-state index in [9.17, 15) is 14.3 Å². The van der Waals surface area contributed by atoms with Crippen molar-refractivity contribution < 1.29 is 14.3 Å². The molecule has 0 spiro atoms. The number of carbonyl (C=O) groups excluding carboxylic acids is 1. The maximum absolute atomic E-state index is 13.5. The minimum absolute atomic E-state index is 0.0719. The summed E-state index contributed by atoms with van der Waals surface area (Å²) >= 11 is 0. The van der Waals surface area contributed by atoms with Gasteiger partial charge in [-0.1, -0.05) is 18.2 Å². The Hall–Kier alpha value is -2.56. The summed E-state index contributed by atoms with van der Waals surface area (Å²) < 4.78 is 13.5. The number of nitrogens with two attached hydrogens (primary N) is 1. The largest absolute Gasteiger partial charge is 0.507 e. The molecule has 2 aromatic rings. The van der Waals surface area contributed by atoms with Crippen LogP contribution in [0, 0.1) is 12.7 Å². The summed E-state index contributed by atoms with van der Waals surface area (Å²) in [7, 11) is 0. The maximum Gasteiger partial charge on any atom is 0.259 e. The highest BCUT2D eigenvalue weighted by Crippen LogP contribution is 2.26. The van der Waals surface area contributed by atoms with E-state index in [0.717, 1.165) is 0 Å². The van der Waals surface area contributed by atoms with E-state index in [1.165, 1.54) is 24.3 Å². The predicted molar refractivity (Wildman–Crippen MR) is 71.6 cm³/mol. The fraction of sp³-hybridized carbons (Fsp3) is 0.0714. The SMILES string of the molecule is Cc1cccc(C(=O)Nc2c(N)cccc2F)c1O. The number of hydrogen-bond donors (Lipinski definition) is 3. The number of para-hydroxylation sites is 2. The smallest absolute Gasteiger partial charge is 0.259 e. The van der Waals surface area contributed by atoms with Crippen molar-refractivity contribution in [1.29, 1.82) is 0 Å². The molecule has 0 saturated carbocycles. The third-order valence-corrected chi connectivity index (χ3v) is 2.77. The number of aryl methyl sites for hydroxylation is 1. The third-order valence-electron chi connectivity index (χ3n) is 2.77. The summed E-state index contributed by atoms with van der Waals surface area (Å²) in [5, 5.41) is 12.2. The monoisotopic (exact) mass is 260 g/mol. The lowest BCUT2D eigenvalue weighted by Crippen LogP contribution is -2.14. The van der Waals surface area contributed by atoms with Crippen LogP contribution in [0.15, 0.2) is 36.4 Å². The van der Waals surface area contributed by atoms with Crippen molar-refractivity contribution in [1.82, 2.24) is 0 Å². The van der Waals surface area contributed by atoms with Gasteiger partial charge in [-0.2, -0.15) is 0 Å². The molecule has 98 valence electrons. The number of nitrogens with one attached hydrogen (secondary N) is 1. The van der Waals surface area contributed by atoms with Crippen LogP contribution < -0.4 is 11.1 Å². The van der Waals surface area contributed by atoms with E-state index < -0.39 is 11.7 Å². The first kappa shape index (κ1) is 12.9. The number of hydrogen-bond acceptors (Lipinski definition) is 3. The zero-order chi connectivity index (χ0) is 14.0. The molecule has 19 heavy (non-hydrogen) atoms. The molecule has 4 nitrogen and oxygen atoms in total. The average molecular weight is 260 g/mol. The summed E-state index contributed by atoms with van der Waals surface area (Å²) in [6.07, 6.45) is 0. The van der Waals surface area contributed by atoms with Gasteiger partial charge in [0.25, 0.3) is 5.91 Å². The Morgan fingerprint density at radius 1 is 1.26 bits per heavy atom. The summed E-state index contributed by atoms with van der Waals surface area (Å²) in [5.74, 6) is -1.37. The molecule has 0 saturated heterocycles. The van der Waals surface area contributed by atoms with Crippen LogP contribution in [0.1, 0.15) is 15.9 Å². The van der Waals surface area contributed by atoms with Gasteiger partial charge < -0.3 is 16.2 Å². The first-order valence-electron chi connectivity index (χ1n) is 5.64. The first-order chi connectivity index (χ1) is 9.00. The predicted octanol–water partition coefficient (Wildman–Crippen LogP) is 2.67.